The van der Waals surface area contributed by atoms with Crippen molar-refractivity contribution < 1.29 is 0 Å². The first-order valence-corrected chi connectivity index (χ1v) is 7.87. The number of hydrogen-bond donors (Lipinski definition) is 1. The van der Waals surface area contributed by atoms with Gasteiger partial charge in [-0.15, -0.1) is 0 Å². The molecule has 0 aliphatic carbocycles. The van der Waals surface area contributed by atoms with Crippen molar-refractivity contribution in [2.24, 2.45) is 0 Å². The molecule has 0 aromatic carbocycles. The van der Waals surface area contributed by atoms with Crippen molar-refractivity contribution in [2.45, 2.75) is 57.5 Å². The quantitative estimate of drug-likeness (QED) is 0.851. The maximum atomic E-state index is 6.15. The molecule has 2 aliphatic rings. The molecule has 3 rings (SSSR count). The number of rotatable bonds is 2. The predicted molar refractivity (Wildman–Crippen MR) is 82.4 cm³/mol. The van der Waals surface area contributed by atoms with Crippen LogP contribution in [0, 0.1) is 0 Å². The smallest absolute Gasteiger partial charge is 0.137 e. The monoisotopic (exact) mass is 294 g/mol. The summed E-state index contributed by atoms with van der Waals surface area (Å²) in [5.74, 6) is 1.67. The average Bonchev–Trinajstić information content (AvgIpc) is 2.92. The molecule has 1 aromatic heterocycles. The summed E-state index contributed by atoms with van der Waals surface area (Å²) in [6.45, 7) is 8.78. The van der Waals surface area contributed by atoms with Crippen LogP contribution in [0.15, 0.2) is 6.07 Å². The highest BCUT2D eigenvalue weighted by Crippen LogP contribution is 2.30. The third kappa shape index (κ3) is 2.77. The Labute approximate surface area is 125 Å². The number of nitrogens with zero attached hydrogens (tertiary/aromatic N) is 3. The Morgan fingerprint density at radius 1 is 1.25 bits per heavy atom. The van der Waals surface area contributed by atoms with Crippen LogP contribution in [-0.4, -0.2) is 40.0 Å². The summed E-state index contributed by atoms with van der Waals surface area (Å²) in [7, 11) is 0. The van der Waals surface area contributed by atoms with Crippen LogP contribution in [0.4, 0.5) is 5.82 Å². The molecule has 0 radical (unpaired) electrons. The number of nitrogens with one attached hydrogen (secondary N) is 1. The van der Waals surface area contributed by atoms with Gasteiger partial charge in [-0.3, -0.25) is 4.90 Å². The molecule has 3 heterocycles. The first-order valence-electron chi connectivity index (χ1n) is 7.49. The summed E-state index contributed by atoms with van der Waals surface area (Å²) in [4.78, 5) is 11.6. The molecule has 0 saturated carbocycles. The van der Waals surface area contributed by atoms with Crippen molar-refractivity contribution in [3.05, 3.63) is 17.0 Å². The molecule has 5 heteroatoms. The lowest BCUT2D eigenvalue weighted by atomic mass is 9.96. The second kappa shape index (κ2) is 5.15. The summed E-state index contributed by atoms with van der Waals surface area (Å²) >= 11 is 6.15. The Bertz CT molecular complexity index is 497. The number of fused-ring (bicyclic) bond motifs is 1. The van der Waals surface area contributed by atoms with E-state index in [1.54, 1.807) is 0 Å². The molecule has 0 spiro atoms. The van der Waals surface area contributed by atoms with Crippen LogP contribution < -0.4 is 5.32 Å². The lowest BCUT2D eigenvalue weighted by Gasteiger charge is -2.23. The zero-order valence-corrected chi connectivity index (χ0v) is 13.2. The highest BCUT2D eigenvalue weighted by molar-refractivity contribution is 6.29. The molecule has 1 aromatic rings. The first-order chi connectivity index (χ1) is 9.43. The predicted octanol–water partition coefficient (Wildman–Crippen LogP) is 3.08. The highest BCUT2D eigenvalue weighted by atomic mass is 35.5. The van der Waals surface area contributed by atoms with E-state index in [1.807, 2.05) is 6.07 Å². The lowest BCUT2D eigenvalue weighted by Crippen LogP contribution is -2.34. The molecule has 4 nitrogen and oxygen atoms in total. The Morgan fingerprint density at radius 3 is 2.80 bits per heavy atom. The number of aromatic nitrogens is 2. The van der Waals surface area contributed by atoms with Gasteiger partial charge in [0.15, 0.2) is 0 Å². The number of anilines is 1. The first kappa shape index (κ1) is 14.1. The number of hydrogen-bond acceptors (Lipinski definition) is 4. The Balaban J connectivity index is 1.79. The largest absolute Gasteiger partial charge is 0.366 e. The molecule has 2 unspecified atom stereocenters. The third-order valence-electron chi connectivity index (χ3n) is 4.30. The topological polar surface area (TPSA) is 41.1 Å². The van der Waals surface area contributed by atoms with Crippen LogP contribution in [0.1, 0.15) is 45.9 Å². The van der Waals surface area contributed by atoms with Crippen LogP contribution >= 0.6 is 11.6 Å². The van der Waals surface area contributed by atoms with Crippen molar-refractivity contribution in [1.29, 1.82) is 0 Å². The van der Waals surface area contributed by atoms with Gasteiger partial charge in [0.2, 0.25) is 0 Å². The van der Waals surface area contributed by atoms with Gasteiger partial charge in [-0.2, -0.15) is 0 Å². The van der Waals surface area contributed by atoms with Gasteiger partial charge in [-0.05, 0) is 25.8 Å². The Hall–Kier alpha value is -0.870. The van der Waals surface area contributed by atoms with Crippen LogP contribution in [0.5, 0.6) is 0 Å². The highest BCUT2D eigenvalue weighted by Gasteiger charge is 2.37. The van der Waals surface area contributed by atoms with Gasteiger partial charge in [0.1, 0.15) is 16.8 Å². The van der Waals surface area contributed by atoms with E-state index in [0.29, 0.717) is 17.2 Å². The molecule has 110 valence electrons. The van der Waals surface area contributed by atoms with Gasteiger partial charge in [0.05, 0.1) is 0 Å². The molecule has 2 atom stereocenters. The third-order valence-corrected chi connectivity index (χ3v) is 4.50. The van der Waals surface area contributed by atoms with E-state index in [1.165, 1.54) is 32.4 Å². The molecular formula is C15H23ClN4. The van der Waals surface area contributed by atoms with E-state index in [0.717, 1.165) is 11.6 Å². The molecule has 2 saturated heterocycles. The Kier molecular flexibility index (Phi) is 3.63. The van der Waals surface area contributed by atoms with E-state index in [2.05, 4.69) is 41.0 Å². The molecule has 1 N–H and O–H groups in total. The van der Waals surface area contributed by atoms with E-state index in [4.69, 9.17) is 11.6 Å². The zero-order chi connectivity index (χ0) is 14.3. The second-order valence-corrected chi connectivity index (χ2v) is 7.32. The fourth-order valence-electron chi connectivity index (χ4n) is 3.27. The van der Waals surface area contributed by atoms with Gasteiger partial charge in [0.25, 0.3) is 0 Å². The van der Waals surface area contributed by atoms with Crippen molar-refractivity contribution in [3.63, 3.8) is 0 Å². The summed E-state index contributed by atoms with van der Waals surface area (Å²) in [5, 5.41) is 4.11. The summed E-state index contributed by atoms with van der Waals surface area (Å²) in [5.41, 5.74) is -0.0869. The van der Waals surface area contributed by atoms with Gasteiger partial charge in [-0.25, -0.2) is 9.97 Å². The van der Waals surface area contributed by atoms with Gasteiger partial charge in [0, 0.05) is 30.1 Å². The SMILES string of the molecule is CC(C)(C)c1nc(Cl)cc(NC2CCN3CCCC23)n1. The van der Waals surface area contributed by atoms with Crippen LogP contribution in [0.25, 0.3) is 0 Å². The minimum atomic E-state index is -0.0869. The van der Waals surface area contributed by atoms with Crippen LogP contribution in [0.3, 0.4) is 0 Å². The average molecular weight is 295 g/mol. The number of halogens is 1. The zero-order valence-electron chi connectivity index (χ0n) is 12.5. The normalized spacial score (nSPS) is 26.8. The van der Waals surface area contributed by atoms with E-state index >= 15 is 0 Å². The maximum Gasteiger partial charge on any atom is 0.137 e. The maximum absolute atomic E-state index is 6.15. The van der Waals surface area contributed by atoms with Gasteiger partial charge < -0.3 is 5.32 Å². The second-order valence-electron chi connectivity index (χ2n) is 6.93. The van der Waals surface area contributed by atoms with Crippen molar-refractivity contribution in [1.82, 2.24) is 14.9 Å². The van der Waals surface area contributed by atoms with Crippen molar-refractivity contribution in [3.8, 4) is 0 Å². The molecule has 0 bridgehead atoms. The van der Waals surface area contributed by atoms with Crippen molar-refractivity contribution in [2.75, 3.05) is 18.4 Å². The summed E-state index contributed by atoms with van der Waals surface area (Å²) < 4.78 is 0. The molecule has 0 amide bonds. The minimum absolute atomic E-state index is 0.0869. The molecule has 2 aliphatic heterocycles. The van der Waals surface area contributed by atoms with Crippen LogP contribution in [-0.2, 0) is 5.41 Å². The fourth-order valence-corrected chi connectivity index (χ4v) is 3.45. The van der Waals surface area contributed by atoms with Gasteiger partial charge in [-0.1, -0.05) is 32.4 Å². The minimum Gasteiger partial charge on any atom is -0.366 e. The Morgan fingerprint density at radius 2 is 2.05 bits per heavy atom. The lowest BCUT2D eigenvalue weighted by molar-refractivity contribution is 0.318. The van der Waals surface area contributed by atoms with E-state index in [9.17, 15) is 0 Å². The molecular weight excluding hydrogens is 272 g/mol. The summed E-state index contributed by atoms with van der Waals surface area (Å²) in [6, 6.07) is 3.01. The molecule has 20 heavy (non-hydrogen) atoms. The van der Waals surface area contributed by atoms with E-state index < -0.39 is 0 Å². The standard InChI is InChI=1S/C15H23ClN4/c1-15(2,3)14-18-12(16)9-13(19-14)17-10-6-8-20-7-4-5-11(10)20/h9-11H,4-8H2,1-3H3,(H,17,18,19). The van der Waals surface area contributed by atoms with E-state index in [-0.39, 0.29) is 5.41 Å². The van der Waals surface area contributed by atoms with Crippen molar-refractivity contribution >= 4 is 17.4 Å². The molecule has 2 fully saturated rings. The van der Waals surface area contributed by atoms with Crippen LogP contribution in [0.2, 0.25) is 5.15 Å². The summed E-state index contributed by atoms with van der Waals surface area (Å²) in [6.07, 6.45) is 3.81. The fraction of sp³-hybridized carbons (Fsp3) is 0.733. The van der Waals surface area contributed by atoms with Gasteiger partial charge >= 0.3 is 0 Å².